The molecule has 0 unspecified atom stereocenters. The highest BCUT2D eigenvalue weighted by Crippen LogP contribution is 2.25. The van der Waals surface area contributed by atoms with Crippen LogP contribution in [0.4, 0.5) is 0 Å². The molecule has 3 aromatic rings. The minimum Gasteiger partial charge on any atom is -0.492 e. The zero-order chi connectivity index (χ0) is 19.9. The maximum atomic E-state index is 12.0. The van der Waals surface area contributed by atoms with Crippen molar-refractivity contribution in [3.05, 3.63) is 53.1 Å². The van der Waals surface area contributed by atoms with Gasteiger partial charge in [-0.25, -0.2) is 10.4 Å². The van der Waals surface area contributed by atoms with Crippen molar-refractivity contribution in [2.75, 3.05) is 12.4 Å². The molecular weight excluding hydrogens is 396 g/mol. The molecule has 1 N–H and O–H groups in total. The third-order valence-electron chi connectivity index (χ3n) is 3.90. The summed E-state index contributed by atoms with van der Waals surface area (Å²) >= 11 is 7.55. The molecule has 0 aliphatic rings. The zero-order valence-corrected chi connectivity index (χ0v) is 17.3. The molecule has 0 fully saturated rings. The minimum atomic E-state index is -0.206. The predicted molar refractivity (Wildman–Crippen MR) is 114 cm³/mol. The van der Waals surface area contributed by atoms with Gasteiger partial charge in [-0.15, -0.1) is 0 Å². The van der Waals surface area contributed by atoms with Gasteiger partial charge in [0.05, 0.1) is 34.6 Å². The number of amides is 1. The number of carbonyl (C=O) groups excluding carboxylic acids is 1. The third-order valence-corrected chi connectivity index (χ3v) is 5.22. The second-order valence-electron chi connectivity index (χ2n) is 6.06. The number of fused-ring (bicyclic) bond motifs is 1. The zero-order valence-electron chi connectivity index (χ0n) is 15.7. The number of rotatable bonds is 8. The molecule has 0 atom stereocenters. The fourth-order valence-corrected chi connectivity index (χ4v) is 3.54. The van der Waals surface area contributed by atoms with Crippen molar-refractivity contribution >= 4 is 46.5 Å². The molecule has 1 amide bonds. The molecule has 0 saturated carbocycles. The molecule has 8 heteroatoms. The van der Waals surface area contributed by atoms with E-state index in [-0.39, 0.29) is 11.7 Å². The highest BCUT2D eigenvalue weighted by molar-refractivity contribution is 7.99. The van der Waals surface area contributed by atoms with E-state index in [0.29, 0.717) is 17.4 Å². The van der Waals surface area contributed by atoms with Gasteiger partial charge >= 0.3 is 0 Å². The van der Waals surface area contributed by atoms with E-state index in [0.717, 1.165) is 28.2 Å². The topological polar surface area (TPSA) is 68.5 Å². The summed E-state index contributed by atoms with van der Waals surface area (Å²) in [5, 5.41) is 5.29. The van der Waals surface area contributed by atoms with Crippen LogP contribution in [-0.4, -0.2) is 34.0 Å². The van der Waals surface area contributed by atoms with Gasteiger partial charge in [0.25, 0.3) is 5.91 Å². The van der Waals surface area contributed by atoms with Crippen LogP contribution in [0, 0.1) is 0 Å². The Labute approximate surface area is 172 Å². The van der Waals surface area contributed by atoms with Crippen LogP contribution in [0.25, 0.3) is 11.0 Å². The van der Waals surface area contributed by atoms with E-state index in [4.69, 9.17) is 16.3 Å². The van der Waals surface area contributed by atoms with Crippen LogP contribution in [0.2, 0.25) is 5.02 Å². The highest BCUT2D eigenvalue weighted by atomic mass is 35.5. The normalized spacial score (nSPS) is 11.2. The van der Waals surface area contributed by atoms with Crippen molar-refractivity contribution < 1.29 is 9.53 Å². The molecule has 1 aromatic heterocycles. The van der Waals surface area contributed by atoms with E-state index < -0.39 is 0 Å². The maximum Gasteiger partial charge on any atom is 0.250 e. The molecule has 28 heavy (non-hydrogen) atoms. The molecule has 0 aliphatic heterocycles. The lowest BCUT2D eigenvalue weighted by molar-refractivity contribution is -0.118. The number of benzene rings is 2. The van der Waals surface area contributed by atoms with Crippen LogP contribution in [0.15, 0.2) is 52.7 Å². The number of nitrogens with one attached hydrogen (secondary N) is 1. The lowest BCUT2D eigenvalue weighted by Gasteiger charge is -2.06. The van der Waals surface area contributed by atoms with Crippen molar-refractivity contribution in [3.8, 4) is 5.75 Å². The molecule has 146 valence electrons. The van der Waals surface area contributed by atoms with E-state index in [2.05, 4.69) is 15.5 Å². The van der Waals surface area contributed by atoms with Crippen LogP contribution in [0.5, 0.6) is 5.75 Å². The quantitative estimate of drug-likeness (QED) is 0.338. The van der Waals surface area contributed by atoms with Gasteiger partial charge < -0.3 is 9.30 Å². The van der Waals surface area contributed by atoms with Crippen LogP contribution >= 0.6 is 23.4 Å². The van der Waals surface area contributed by atoms with Crippen molar-refractivity contribution in [1.29, 1.82) is 0 Å². The summed E-state index contributed by atoms with van der Waals surface area (Å²) in [5.74, 6) is 0.657. The first-order valence-corrected chi connectivity index (χ1v) is 10.2. The van der Waals surface area contributed by atoms with Crippen LogP contribution in [0.1, 0.15) is 18.9 Å². The summed E-state index contributed by atoms with van der Waals surface area (Å²) in [6.45, 7) is 2.65. The summed E-state index contributed by atoms with van der Waals surface area (Å²) in [6, 6.07) is 13.2. The molecule has 0 saturated heterocycles. The Kier molecular flexibility index (Phi) is 6.95. The fraction of sp³-hybridized carbons (Fsp3) is 0.250. The second kappa shape index (κ2) is 9.61. The lowest BCUT2D eigenvalue weighted by Crippen LogP contribution is -2.19. The molecule has 0 bridgehead atoms. The van der Waals surface area contributed by atoms with Gasteiger partial charge in [0.1, 0.15) is 5.75 Å². The number of hydrazone groups is 1. The first-order chi connectivity index (χ1) is 13.6. The first kappa shape index (κ1) is 20.2. The van der Waals surface area contributed by atoms with E-state index in [1.165, 1.54) is 11.8 Å². The number of hydrogen-bond acceptors (Lipinski definition) is 5. The second-order valence-corrected chi connectivity index (χ2v) is 7.41. The van der Waals surface area contributed by atoms with Crippen LogP contribution in [-0.2, 0) is 11.8 Å². The molecular formula is C20H21ClN4O2S. The Hall–Kier alpha value is -2.51. The van der Waals surface area contributed by atoms with E-state index in [1.54, 1.807) is 18.3 Å². The molecule has 0 spiro atoms. The van der Waals surface area contributed by atoms with E-state index in [9.17, 15) is 4.79 Å². The van der Waals surface area contributed by atoms with Crippen molar-refractivity contribution in [2.24, 2.45) is 12.1 Å². The molecule has 3 rings (SSSR count). The summed E-state index contributed by atoms with van der Waals surface area (Å²) in [7, 11) is 1.94. The Morgan fingerprint density at radius 3 is 2.93 bits per heavy atom. The first-order valence-electron chi connectivity index (χ1n) is 8.87. The van der Waals surface area contributed by atoms with Crippen molar-refractivity contribution in [3.63, 3.8) is 0 Å². The number of ether oxygens (including phenoxy) is 1. The van der Waals surface area contributed by atoms with Crippen LogP contribution in [0.3, 0.4) is 0 Å². The smallest absolute Gasteiger partial charge is 0.250 e. The number of aryl methyl sites for hydroxylation is 1. The average molecular weight is 417 g/mol. The molecule has 1 heterocycles. The fourth-order valence-electron chi connectivity index (χ4n) is 2.52. The molecule has 6 nitrogen and oxygen atoms in total. The number of halogens is 1. The van der Waals surface area contributed by atoms with E-state index >= 15 is 0 Å². The average Bonchev–Trinajstić information content (AvgIpc) is 3.02. The van der Waals surface area contributed by atoms with Crippen molar-refractivity contribution in [2.45, 2.75) is 18.5 Å². The van der Waals surface area contributed by atoms with Gasteiger partial charge in [-0.2, -0.15) is 5.10 Å². The number of imidazole rings is 1. The number of aromatic nitrogens is 2. The Bertz CT molecular complexity index is 1000. The molecule has 2 aromatic carbocycles. The maximum absolute atomic E-state index is 12.0. The SMILES string of the molecule is CCCOc1ccc(/C=N\NC(=O)CSc2nc3ccccc3n2C)cc1Cl. The number of para-hydroxylation sites is 2. The van der Waals surface area contributed by atoms with Gasteiger partial charge in [-0.1, -0.05) is 42.4 Å². The monoisotopic (exact) mass is 416 g/mol. The standard InChI is InChI=1S/C20H21ClN4O2S/c1-3-10-27-18-9-8-14(11-15(18)21)12-22-24-19(26)13-28-20-23-16-6-4-5-7-17(16)25(20)2/h4-9,11-12H,3,10,13H2,1-2H3,(H,24,26)/b22-12-. The minimum absolute atomic E-state index is 0.206. The Morgan fingerprint density at radius 2 is 2.18 bits per heavy atom. The summed E-state index contributed by atoms with van der Waals surface area (Å²) in [5.41, 5.74) is 5.24. The van der Waals surface area contributed by atoms with Gasteiger partial charge in [0, 0.05) is 7.05 Å². The van der Waals surface area contributed by atoms with Gasteiger partial charge in [-0.3, -0.25) is 4.79 Å². The summed E-state index contributed by atoms with van der Waals surface area (Å²) < 4.78 is 7.51. The number of hydrogen-bond donors (Lipinski definition) is 1. The van der Waals surface area contributed by atoms with E-state index in [1.807, 2.05) is 48.9 Å². The van der Waals surface area contributed by atoms with Gasteiger partial charge in [-0.05, 0) is 42.3 Å². The lowest BCUT2D eigenvalue weighted by atomic mass is 10.2. The third kappa shape index (κ3) is 5.05. The Morgan fingerprint density at radius 1 is 1.36 bits per heavy atom. The molecule has 0 radical (unpaired) electrons. The number of carbonyl (C=O) groups is 1. The number of thioether (sulfide) groups is 1. The van der Waals surface area contributed by atoms with Gasteiger partial charge in [0.2, 0.25) is 0 Å². The predicted octanol–water partition coefficient (Wildman–Crippen LogP) is 4.26. The summed E-state index contributed by atoms with van der Waals surface area (Å²) in [6.07, 6.45) is 2.46. The molecule has 0 aliphatic carbocycles. The Balaban J connectivity index is 1.52. The largest absolute Gasteiger partial charge is 0.492 e. The van der Waals surface area contributed by atoms with Crippen LogP contribution < -0.4 is 10.2 Å². The van der Waals surface area contributed by atoms with Crippen molar-refractivity contribution in [1.82, 2.24) is 15.0 Å². The highest BCUT2D eigenvalue weighted by Gasteiger charge is 2.10. The summed E-state index contributed by atoms with van der Waals surface area (Å²) in [4.78, 5) is 16.6. The number of nitrogens with zero attached hydrogens (tertiary/aromatic N) is 3. The van der Waals surface area contributed by atoms with Gasteiger partial charge in [0.15, 0.2) is 5.16 Å².